The van der Waals surface area contributed by atoms with Crippen molar-refractivity contribution < 1.29 is 0 Å². The molecule has 1 heteroatoms. The van der Waals surface area contributed by atoms with E-state index in [2.05, 4.69) is 26.5 Å². The molecule has 0 aromatic heterocycles. The second kappa shape index (κ2) is 4.39. The molecule has 0 N–H and O–H groups in total. The van der Waals surface area contributed by atoms with Gasteiger partial charge in [-0.15, -0.1) is 0 Å². The molecule has 0 saturated heterocycles. The second-order valence-electron chi connectivity index (χ2n) is 4.00. The third kappa shape index (κ3) is 2.70. The Bertz CT molecular complexity index is 103. The second-order valence-corrected chi connectivity index (χ2v) is 4.66. The SMILES string of the molecule is CCC(S)C1CCC(C)CC1. The van der Waals surface area contributed by atoms with Gasteiger partial charge in [0.1, 0.15) is 0 Å². The maximum absolute atomic E-state index is 4.60. The Morgan fingerprint density at radius 3 is 2.27 bits per heavy atom. The van der Waals surface area contributed by atoms with E-state index in [1.807, 2.05) is 0 Å². The first-order valence-electron chi connectivity index (χ1n) is 4.92. The number of thiol groups is 1. The molecule has 1 rings (SSSR count). The van der Waals surface area contributed by atoms with Gasteiger partial charge in [-0.2, -0.15) is 12.6 Å². The van der Waals surface area contributed by atoms with Crippen LogP contribution >= 0.6 is 12.6 Å². The maximum Gasteiger partial charge on any atom is 0.00424 e. The van der Waals surface area contributed by atoms with Gasteiger partial charge in [0.2, 0.25) is 0 Å². The summed E-state index contributed by atoms with van der Waals surface area (Å²) >= 11 is 4.60. The summed E-state index contributed by atoms with van der Waals surface area (Å²) < 4.78 is 0. The molecular formula is C10H20S. The third-order valence-corrected chi connectivity index (χ3v) is 3.81. The molecule has 0 aliphatic heterocycles. The quantitative estimate of drug-likeness (QED) is 0.605. The highest BCUT2D eigenvalue weighted by Gasteiger charge is 2.22. The van der Waals surface area contributed by atoms with E-state index in [-0.39, 0.29) is 0 Å². The van der Waals surface area contributed by atoms with Gasteiger partial charge in [0.15, 0.2) is 0 Å². The van der Waals surface area contributed by atoms with Crippen LogP contribution in [0.4, 0.5) is 0 Å². The van der Waals surface area contributed by atoms with Crippen LogP contribution in [-0.2, 0) is 0 Å². The zero-order chi connectivity index (χ0) is 8.27. The monoisotopic (exact) mass is 172 g/mol. The minimum Gasteiger partial charge on any atom is -0.176 e. The summed E-state index contributed by atoms with van der Waals surface area (Å²) in [4.78, 5) is 0. The molecule has 0 radical (unpaired) electrons. The molecule has 1 atom stereocenters. The van der Waals surface area contributed by atoms with Gasteiger partial charge >= 0.3 is 0 Å². The normalized spacial score (nSPS) is 35.2. The van der Waals surface area contributed by atoms with Gasteiger partial charge in [0.05, 0.1) is 0 Å². The van der Waals surface area contributed by atoms with Crippen LogP contribution < -0.4 is 0 Å². The van der Waals surface area contributed by atoms with E-state index >= 15 is 0 Å². The summed E-state index contributed by atoms with van der Waals surface area (Å²) in [7, 11) is 0. The van der Waals surface area contributed by atoms with Crippen LogP contribution in [0, 0.1) is 11.8 Å². The molecule has 0 bridgehead atoms. The van der Waals surface area contributed by atoms with Crippen molar-refractivity contribution in [3.8, 4) is 0 Å². The number of rotatable bonds is 2. The highest BCUT2D eigenvalue weighted by atomic mass is 32.1. The maximum atomic E-state index is 4.60. The van der Waals surface area contributed by atoms with Crippen molar-refractivity contribution in [2.45, 2.75) is 51.2 Å². The van der Waals surface area contributed by atoms with Crippen molar-refractivity contribution in [2.24, 2.45) is 11.8 Å². The van der Waals surface area contributed by atoms with Gasteiger partial charge in [-0.25, -0.2) is 0 Å². The molecule has 0 aromatic carbocycles. The molecule has 1 aliphatic carbocycles. The Labute approximate surface area is 76.2 Å². The van der Waals surface area contributed by atoms with Gasteiger partial charge in [-0.05, 0) is 31.1 Å². The van der Waals surface area contributed by atoms with Gasteiger partial charge in [-0.3, -0.25) is 0 Å². The molecule has 11 heavy (non-hydrogen) atoms. The minimum absolute atomic E-state index is 0.669. The van der Waals surface area contributed by atoms with E-state index in [9.17, 15) is 0 Å². The highest BCUT2D eigenvalue weighted by molar-refractivity contribution is 7.81. The first kappa shape index (κ1) is 9.44. The van der Waals surface area contributed by atoms with Gasteiger partial charge < -0.3 is 0 Å². The van der Waals surface area contributed by atoms with Crippen LogP contribution in [0.3, 0.4) is 0 Å². The molecule has 0 aromatic rings. The van der Waals surface area contributed by atoms with E-state index in [0.29, 0.717) is 5.25 Å². The van der Waals surface area contributed by atoms with Crippen LogP contribution in [-0.4, -0.2) is 5.25 Å². The molecule has 1 fully saturated rings. The predicted molar refractivity (Wildman–Crippen MR) is 54.2 cm³/mol. The molecule has 0 spiro atoms. The van der Waals surface area contributed by atoms with Crippen molar-refractivity contribution >= 4 is 12.6 Å². The summed E-state index contributed by atoms with van der Waals surface area (Å²) in [6.07, 6.45) is 6.94. The Hall–Kier alpha value is 0.350. The van der Waals surface area contributed by atoms with Crippen LogP contribution in [0.15, 0.2) is 0 Å². The summed E-state index contributed by atoms with van der Waals surface area (Å²) in [6.45, 7) is 4.62. The van der Waals surface area contributed by atoms with E-state index in [1.54, 1.807) is 0 Å². The van der Waals surface area contributed by atoms with Crippen molar-refractivity contribution in [3.05, 3.63) is 0 Å². The Balaban J connectivity index is 2.27. The van der Waals surface area contributed by atoms with Crippen molar-refractivity contribution in [1.82, 2.24) is 0 Å². The lowest BCUT2D eigenvalue weighted by Gasteiger charge is -2.29. The molecule has 1 unspecified atom stereocenters. The molecule has 0 amide bonds. The van der Waals surface area contributed by atoms with Crippen LogP contribution in [0.2, 0.25) is 0 Å². The van der Waals surface area contributed by atoms with Crippen molar-refractivity contribution in [3.63, 3.8) is 0 Å². The first-order chi connectivity index (χ1) is 5.24. The van der Waals surface area contributed by atoms with Crippen molar-refractivity contribution in [2.75, 3.05) is 0 Å². The predicted octanol–water partition coefficient (Wildman–Crippen LogP) is 3.52. The van der Waals surface area contributed by atoms with Crippen LogP contribution in [0.1, 0.15) is 46.0 Å². The Morgan fingerprint density at radius 2 is 1.82 bits per heavy atom. The molecule has 1 saturated carbocycles. The van der Waals surface area contributed by atoms with E-state index in [0.717, 1.165) is 11.8 Å². The lowest BCUT2D eigenvalue weighted by atomic mass is 9.81. The number of hydrogen-bond donors (Lipinski definition) is 1. The van der Waals surface area contributed by atoms with Gasteiger partial charge in [0.25, 0.3) is 0 Å². The smallest absolute Gasteiger partial charge is 0.00424 e. The van der Waals surface area contributed by atoms with Crippen LogP contribution in [0.25, 0.3) is 0 Å². The first-order valence-corrected chi connectivity index (χ1v) is 5.43. The summed E-state index contributed by atoms with van der Waals surface area (Å²) in [6, 6.07) is 0. The minimum atomic E-state index is 0.669. The van der Waals surface area contributed by atoms with Gasteiger partial charge in [-0.1, -0.05) is 26.7 Å². The summed E-state index contributed by atoms with van der Waals surface area (Å²) in [5.41, 5.74) is 0. The lowest BCUT2D eigenvalue weighted by Crippen LogP contribution is -2.20. The summed E-state index contributed by atoms with van der Waals surface area (Å²) in [5, 5.41) is 0.669. The van der Waals surface area contributed by atoms with E-state index in [4.69, 9.17) is 0 Å². The standard InChI is InChI=1S/C10H20S/c1-3-10(11)9-6-4-8(2)5-7-9/h8-11H,3-7H2,1-2H3. The Morgan fingerprint density at radius 1 is 1.27 bits per heavy atom. The lowest BCUT2D eigenvalue weighted by molar-refractivity contribution is 0.283. The molecule has 0 nitrogen and oxygen atoms in total. The van der Waals surface area contributed by atoms with Crippen molar-refractivity contribution in [1.29, 1.82) is 0 Å². The fraction of sp³-hybridized carbons (Fsp3) is 1.00. The third-order valence-electron chi connectivity index (χ3n) is 3.02. The topological polar surface area (TPSA) is 0 Å². The van der Waals surface area contributed by atoms with Crippen LogP contribution in [0.5, 0.6) is 0 Å². The molecule has 66 valence electrons. The average molecular weight is 172 g/mol. The number of hydrogen-bond acceptors (Lipinski definition) is 1. The zero-order valence-corrected chi connectivity index (χ0v) is 8.61. The molecule has 1 aliphatic rings. The van der Waals surface area contributed by atoms with E-state index < -0.39 is 0 Å². The molecular weight excluding hydrogens is 152 g/mol. The largest absolute Gasteiger partial charge is 0.176 e. The highest BCUT2D eigenvalue weighted by Crippen LogP contribution is 2.33. The Kier molecular flexibility index (Phi) is 3.77. The fourth-order valence-corrected chi connectivity index (χ4v) is 2.30. The molecule has 0 heterocycles. The zero-order valence-electron chi connectivity index (χ0n) is 7.71. The van der Waals surface area contributed by atoms with E-state index in [1.165, 1.54) is 32.1 Å². The summed E-state index contributed by atoms with van der Waals surface area (Å²) in [5.74, 6) is 1.89. The fourth-order valence-electron chi connectivity index (χ4n) is 2.00. The van der Waals surface area contributed by atoms with Gasteiger partial charge in [0, 0.05) is 5.25 Å². The average Bonchev–Trinajstić information content (AvgIpc) is 2.05.